The molecule has 2 amide bonds. The van der Waals surface area contributed by atoms with Gasteiger partial charge >= 0.3 is 0 Å². The van der Waals surface area contributed by atoms with E-state index >= 15 is 0 Å². The van der Waals surface area contributed by atoms with Gasteiger partial charge < -0.3 is 15.4 Å². The topological polar surface area (TPSA) is 67.4 Å². The molecule has 0 radical (unpaired) electrons. The average Bonchev–Trinajstić information content (AvgIpc) is 2.59. The minimum atomic E-state index is -0.282. The number of hydrogen-bond donors (Lipinski definition) is 2. The minimum absolute atomic E-state index is 0.0511. The summed E-state index contributed by atoms with van der Waals surface area (Å²) in [5.41, 5.74) is 1.95. The van der Waals surface area contributed by atoms with E-state index in [1.807, 2.05) is 38.1 Å². The summed E-state index contributed by atoms with van der Waals surface area (Å²) >= 11 is 5.95. The zero-order valence-corrected chi connectivity index (χ0v) is 15.2. The van der Waals surface area contributed by atoms with Crippen molar-refractivity contribution in [3.8, 4) is 5.75 Å². The van der Waals surface area contributed by atoms with Crippen LogP contribution in [0.5, 0.6) is 5.75 Å². The molecule has 2 aromatic carbocycles. The molecule has 2 rings (SSSR count). The van der Waals surface area contributed by atoms with Crippen molar-refractivity contribution in [3.05, 3.63) is 58.6 Å². The lowest BCUT2D eigenvalue weighted by atomic mass is 10.1. The van der Waals surface area contributed by atoms with Crippen LogP contribution in [0.3, 0.4) is 0 Å². The lowest BCUT2D eigenvalue weighted by Crippen LogP contribution is -2.23. The van der Waals surface area contributed by atoms with Crippen LogP contribution in [0.25, 0.3) is 0 Å². The number of carbonyl (C=O) groups excluding carboxylic acids is 2. The summed E-state index contributed by atoms with van der Waals surface area (Å²) in [7, 11) is 1.50. The maximum atomic E-state index is 12.4. The smallest absolute Gasteiger partial charge is 0.255 e. The van der Waals surface area contributed by atoms with Crippen molar-refractivity contribution in [2.45, 2.75) is 20.4 Å². The number of benzene rings is 2. The molecule has 0 aliphatic heterocycles. The van der Waals surface area contributed by atoms with Crippen LogP contribution >= 0.6 is 11.6 Å². The Labute approximate surface area is 152 Å². The van der Waals surface area contributed by atoms with Crippen LogP contribution in [-0.2, 0) is 11.3 Å². The summed E-state index contributed by atoms with van der Waals surface area (Å²) in [5.74, 6) is 0.0271. The average molecular weight is 361 g/mol. The Morgan fingerprint density at radius 2 is 1.92 bits per heavy atom. The monoisotopic (exact) mass is 360 g/mol. The van der Waals surface area contributed by atoms with Crippen LogP contribution in [0.4, 0.5) is 5.69 Å². The summed E-state index contributed by atoms with van der Waals surface area (Å²) < 4.78 is 5.19. The van der Waals surface area contributed by atoms with Gasteiger partial charge in [-0.1, -0.05) is 37.6 Å². The molecule has 2 N–H and O–H groups in total. The first kappa shape index (κ1) is 18.8. The van der Waals surface area contributed by atoms with Crippen LogP contribution in [0.2, 0.25) is 5.02 Å². The molecule has 2 aromatic rings. The number of nitrogens with one attached hydrogen (secondary N) is 2. The van der Waals surface area contributed by atoms with Crippen molar-refractivity contribution < 1.29 is 14.3 Å². The van der Waals surface area contributed by atoms with E-state index in [2.05, 4.69) is 10.6 Å². The molecule has 0 saturated carbocycles. The summed E-state index contributed by atoms with van der Waals surface area (Å²) in [6.45, 7) is 3.98. The fraction of sp³-hybridized carbons (Fsp3) is 0.263. The molecule has 25 heavy (non-hydrogen) atoms. The quantitative estimate of drug-likeness (QED) is 0.821. The highest BCUT2D eigenvalue weighted by Gasteiger charge is 2.13. The highest BCUT2D eigenvalue weighted by atomic mass is 35.5. The van der Waals surface area contributed by atoms with Gasteiger partial charge in [-0.2, -0.15) is 0 Å². The third-order valence-electron chi connectivity index (χ3n) is 3.58. The Morgan fingerprint density at radius 3 is 2.60 bits per heavy atom. The molecule has 0 saturated heterocycles. The van der Waals surface area contributed by atoms with Crippen molar-refractivity contribution in [1.82, 2.24) is 5.32 Å². The summed E-state index contributed by atoms with van der Waals surface area (Å²) in [6, 6.07) is 12.2. The second-order valence-corrected chi connectivity index (χ2v) is 6.31. The minimum Gasteiger partial charge on any atom is -0.496 e. The molecule has 0 aliphatic carbocycles. The molecule has 0 aliphatic rings. The highest BCUT2D eigenvalue weighted by Crippen LogP contribution is 2.22. The van der Waals surface area contributed by atoms with Gasteiger partial charge in [0.2, 0.25) is 5.91 Å². The predicted octanol–water partition coefficient (Wildman–Crippen LogP) is 3.87. The zero-order chi connectivity index (χ0) is 18.4. The molecule has 6 heteroatoms. The largest absolute Gasteiger partial charge is 0.496 e. The van der Waals surface area contributed by atoms with Gasteiger partial charge in [0.05, 0.1) is 12.7 Å². The number of hydrogen-bond acceptors (Lipinski definition) is 3. The van der Waals surface area contributed by atoms with E-state index in [0.29, 0.717) is 28.6 Å². The van der Waals surface area contributed by atoms with E-state index in [4.69, 9.17) is 16.3 Å². The Hall–Kier alpha value is -2.53. The van der Waals surface area contributed by atoms with Gasteiger partial charge in [0.15, 0.2) is 0 Å². The van der Waals surface area contributed by atoms with Gasteiger partial charge in [-0.05, 0) is 35.9 Å². The molecule has 0 heterocycles. The Bertz CT molecular complexity index is 775. The van der Waals surface area contributed by atoms with E-state index in [1.165, 1.54) is 7.11 Å². The van der Waals surface area contributed by atoms with Crippen LogP contribution in [-0.4, -0.2) is 18.9 Å². The van der Waals surface area contributed by atoms with E-state index in [-0.39, 0.29) is 17.7 Å². The fourth-order valence-electron chi connectivity index (χ4n) is 2.18. The first-order valence-corrected chi connectivity index (χ1v) is 8.30. The predicted molar refractivity (Wildman–Crippen MR) is 99.1 cm³/mol. The number of anilines is 1. The molecule has 5 nitrogen and oxygen atoms in total. The third kappa shape index (κ3) is 5.22. The van der Waals surface area contributed by atoms with E-state index in [9.17, 15) is 9.59 Å². The molecular weight excluding hydrogens is 340 g/mol. The molecule has 132 valence electrons. The lowest BCUT2D eigenvalue weighted by Gasteiger charge is -2.11. The fourth-order valence-corrected chi connectivity index (χ4v) is 2.35. The normalized spacial score (nSPS) is 10.4. The molecule has 0 aromatic heterocycles. The SMILES string of the molecule is COc1ccc(Cl)cc1C(=O)NCc1cccc(NC(=O)C(C)C)c1. The van der Waals surface area contributed by atoms with Crippen molar-refractivity contribution in [3.63, 3.8) is 0 Å². The molecule has 0 spiro atoms. The molecule has 0 unspecified atom stereocenters. The Balaban J connectivity index is 2.05. The standard InChI is InChI=1S/C19H21ClN2O3/c1-12(2)18(23)22-15-6-4-5-13(9-15)11-21-19(24)16-10-14(20)7-8-17(16)25-3/h4-10,12H,11H2,1-3H3,(H,21,24)(H,22,23). The van der Waals surface area contributed by atoms with Gasteiger partial charge in [0.1, 0.15) is 5.75 Å². The maximum Gasteiger partial charge on any atom is 0.255 e. The number of methoxy groups -OCH3 is 1. The second kappa shape index (κ2) is 8.53. The van der Waals surface area contributed by atoms with Gasteiger partial charge in [-0.25, -0.2) is 0 Å². The number of amides is 2. The number of halogens is 1. The Morgan fingerprint density at radius 1 is 1.16 bits per heavy atom. The third-order valence-corrected chi connectivity index (χ3v) is 3.81. The van der Waals surface area contributed by atoms with Crippen LogP contribution in [0.1, 0.15) is 29.8 Å². The van der Waals surface area contributed by atoms with Crippen molar-refractivity contribution in [2.75, 3.05) is 12.4 Å². The van der Waals surface area contributed by atoms with Crippen molar-refractivity contribution in [2.24, 2.45) is 5.92 Å². The Kier molecular flexibility index (Phi) is 6.42. The lowest BCUT2D eigenvalue weighted by molar-refractivity contribution is -0.118. The van der Waals surface area contributed by atoms with Crippen molar-refractivity contribution >= 4 is 29.1 Å². The zero-order valence-electron chi connectivity index (χ0n) is 14.4. The summed E-state index contributed by atoms with van der Waals surface area (Å²) in [4.78, 5) is 24.2. The number of carbonyl (C=O) groups is 2. The second-order valence-electron chi connectivity index (χ2n) is 5.87. The highest BCUT2D eigenvalue weighted by molar-refractivity contribution is 6.31. The van der Waals surface area contributed by atoms with Crippen LogP contribution < -0.4 is 15.4 Å². The van der Waals surface area contributed by atoms with E-state index in [1.54, 1.807) is 18.2 Å². The van der Waals surface area contributed by atoms with Gasteiger partial charge in [0.25, 0.3) is 5.91 Å². The van der Waals surface area contributed by atoms with E-state index in [0.717, 1.165) is 5.56 Å². The first-order chi connectivity index (χ1) is 11.9. The summed E-state index contributed by atoms with van der Waals surface area (Å²) in [5, 5.41) is 6.13. The van der Waals surface area contributed by atoms with Crippen LogP contribution in [0.15, 0.2) is 42.5 Å². The molecule has 0 atom stereocenters. The maximum absolute atomic E-state index is 12.4. The van der Waals surface area contributed by atoms with Gasteiger partial charge in [-0.15, -0.1) is 0 Å². The van der Waals surface area contributed by atoms with Crippen molar-refractivity contribution in [1.29, 1.82) is 0 Å². The number of rotatable bonds is 6. The summed E-state index contributed by atoms with van der Waals surface area (Å²) in [6.07, 6.45) is 0. The molecule has 0 fully saturated rings. The van der Waals surface area contributed by atoms with Gasteiger partial charge in [-0.3, -0.25) is 9.59 Å². The molecular formula is C19H21ClN2O3. The van der Waals surface area contributed by atoms with Gasteiger partial charge in [0, 0.05) is 23.2 Å². The van der Waals surface area contributed by atoms with Crippen LogP contribution in [0, 0.1) is 5.92 Å². The number of ether oxygens (including phenoxy) is 1. The molecule has 0 bridgehead atoms. The van der Waals surface area contributed by atoms with E-state index < -0.39 is 0 Å². The first-order valence-electron chi connectivity index (χ1n) is 7.92.